The van der Waals surface area contributed by atoms with Gasteiger partial charge >= 0.3 is 0 Å². The standard InChI is InChI=1S/C24H29F2N5O/c1-27-24(29-20-9-11-30(16-20)22-8-7-19(25)13-21(22)26)28-14-17-4-2-5-18(12-17)15-31-10-3-6-23(31)32/h2,4-5,7-8,12-13,20H,3,6,9-11,14-16H2,1H3,(H2,27,28,29). The zero-order valence-corrected chi connectivity index (χ0v) is 18.3. The summed E-state index contributed by atoms with van der Waals surface area (Å²) < 4.78 is 27.3. The van der Waals surface area contributed by atoms with Crippen LogP contribution in [0.3, 0.4) is 0 Å². The van der Waals surface area contributed by atoms with Crippen molar-refractivity contribution in [3.8, 4) is 0 Å². The van der Waals surface area contributed by atoms with E-state index >= 15 is 0 Å². The minimum atomic E-state index is -0.569. The molecule has 2 aliphatic heterocycles. The number of aliphatic imine (C=N–C) groups is 1. The number of amides is 1. The van der Waals surface area contributed by atoms with E-state index in [1.807, 2.05) is 28.0 Å². The normalized spacial score (nSPS) is 19.0. The van der Waals surface area contributed by atoms with Gasteiger partial charge in [-0.05, 0) is 36.1 Å². The van der Waals surface area contributed by atoms with Crippen LogP contribution in [0, 0.1) is 11.6 Å². The minimum Gasteiger partial charge on any atom is -0.367 e. The fourth-order valence-corrected chi connectivity index (χ4v) is 4.34. The zero-order chi connectivity index (χ0) is 22.5. The Morgan fingerprint density at radius 2 is 2.00 bits per heavy atom. The van der Waals surface area contributed by atoms with Gasteiger partial charge in [0.15, 0.2) is 5.96 Å². The number of nitrogens with zero attached hydrogens (tertiary/aromatic N) is 3. The maximum Gasteiger partial charge on any atom is 0.222 e. The number of carbonyl (C=O) groups excluding carboxylic acids is 1. The van der Waals surface area contributed by atoms with Crippen molar-refractivity contribution in [2.75, 3.05) is 31.6 Å². The molecule has 2 aromatic carbocycles. The van der Waals surface area contributed by atoms with Gasteiger partial charge in [0, 0.05) is 58.3 Å². The van der Waals surface area contributed by atoms with Crippen LogP contribution >= 0.6 is 0 Å². The highest BCUT2D eigenvalue weighted by molar-refractivity contribution is 5.80. The molecule has 2 N–H and O–H groups in total. The van der Waals surface area contributed by atoms with Crippen LogP contribution in [0.4, 0.5) is 14.5 Å². The number of halogens is 2. The number of nitrogens with one attached hydrogen (secondary N) is 2. The molecule has 4 rings (SSSR count). The van der Waals surface area contributed by atoms with E-state index in [1.165, 1.54) is 12.1 Å². The Morgan fingerprint density at radius 1 is 1.16 bits per heavy atom. The van der Waals surface area contributed by atoms with Crippen molar-refractivity contribution in [2.45, 2.75) is 38.4 Å². The molecule has 2 saturated heterocycles. The zero-order valence-electron chi connectivity index (χ0n) is 18.3. The van der Waals surface area contributed by atoms with E-state index in [1.54, 1.807) is 7.05 Å². The van der Waals surface area contributed by atoms with Crippen LogP contribution in [0.15, 0.2) is 47.5 Å². The number of anilines is 1. The van der Waals surface area contributed by atoms with E-state index in [0.717, 1.165) is 36.6 Å². The van der Waals surface area contributed by atoms with Crippen LogP contribution in [0.5, 0.6) is 0 Å². The topological polar surface area (TPSA) is 60.0 Å². The van der Waals surface area contributed by atoms with Crippen molar-refractivity contribution >= 4 is 17.6 Å². The molecule has 0 bridgehead atoms. The number of hydrogen-bond acceptors (Lipinski definition) is 3. The second kappa shape index (κ2) is 9.97. The van der Waals surface area contributed by atoms with Crippen LogP contribution in [-0.4, -0.2) is 49.5 Å². The Hall–Kier alpha value is -3.16. The van der Waals surface area contributed by atoms with Gasteiger partial charge in [-0.3, -0.25) is 9.79 Å². The van der Waals surface area contributed by atoms with Crippen LogP contribution in [0.2, 0.25) is 0 Å². The number of benzene rings is 2. The summed E-state index contributed by atoms with van der Waals surface area (Å²) in [5.74, 6) is -0.203. The fraction of sp³-hybridized carbons (Fsp3) is 0.417. The van der Waals surface area contributed by atoms with Crippen LogP contribution < -0.4 is 15.5 Å². The molecule has 170 valence electrons. The number of carbonyl (C=O) groups is 1. The highest BCUT2D eigenvalue weighted by atomic mass is 19.1. The Labute approximate surface area is 187 Å². The molecule has 2 aromatic rings. The molecular formula is C24H29F2N5O. The van der Waals surface area contributed by atoms with Crippen molar-refractivity contribution in [3.63, 3.8) is 0 Å². The fourth-order valence-electron chi connectivity index (χ4n) is 4.34. The maximum atomic E-state index is 14.1. The van der Waals surface area contributed by atoms with Crippen molar-refractivity contribution in [1.29, 1.82) is 0 Å². The third-order valence-corrected chi connectivity index (χ3v) is 6.00. The van der Waals surface area contributed by atoms with Gasteiger partial charge in [-0.15, -0.1) is 0 Å². The molecule has 1 atom stereocenters. The monoisotopic (exact) mass is 441 g/mol. The summed E-state index contributed by atoms with van der Waals surface area (Å²) in [6.45, 7) is 3.39. The first kappa shape index (κ1) is 22.0. The van der Waals surface area contributed by atoms with Crippen molar-refractivity contribution in [2.24, 2.45) is 4.99 Å². The lowest BCUT2D eigenvalue weighted by Gasteiger charge is -2.21. The van der Waals surface area contributed by atoms with Crippen LogP contribution in [-0.2, 0) is 17.9 Å². The molecular weight excluding hydrogens is 412 g/mol. The lowest BCUT2D eigenvalue weighted by atomic mass is 10.1. The summed E-state index contributed by atoms with van der Waals surface area (Å²) >= 11 is 0. The first-order chi connectivity index (χ1) is 15.5. The van der Waals surface area contributed by atoms with Crippen LogP contribution in [0.1, 0.15) is 30.4 Å². The predicted octanol–water partition coefficient (Wildman–Crippen LogP) is 3.03. The van der Waals surface area contributed by atoms with Gasteiger partial charge < -0.3 is 20.4 Å². The van der Waals surface area contributed by atoms with Gasteiger partial charge in [0.2, 0.25) is 5.91 Å². The summed E-state index contributed by atoms with van der Waals surface area (Å²) in [5.41, 5.74) is 2.65. The van der Waals surface area contributed by atoms with E-state index in [4.69, 9.17) is 0 Å². The molecule has 8 heteroatoms. The second-order valence-electron chi connectivity index (χ2n) is 8.34. The predicted molar refractivity (Wildman–Crippen MR) is 121 cm³/mol. The van der Waals surface area contributed by atoms with Gasteiger partial charge in [-0.1, -0.05) is 24.3 Å². The SMILES string of the molecule is CN=C(NCc1cccc(CN2CCCC2=O)c1)NC1CCN(c2ccc(F)cc2F)C1. The molecule has 32 heavy (non-hydrogen) atoms. The third-order valence-electron chi connectivity index (χ3n) is 6.00. The molecule has 6 nitrogen and oxygen atoms in total. The number of hydrogen-bond donors (Lipinski definition) is 2. The smallest absolute Gasteiger partial charge is 0.222 e. The Bertz CT molecular complexity index is 996. The molecule has 2 aliphatic rings. The van der Waals surface area contributed by atoms with Gasteiger partial charge in [0.05, 0.1) is 5.69 Å². The van der Waals surface area contributed by atoms with Gasteiger partial charge in [-0.25, -0.2) is 8.78 Å². The third kappa shape index (κ3) is 5.36. The molecule has 1 unspecified atom stereocenters. The van der Waals surface area contributed by atoms with Crippen molar-refractivity contribution in [3.05, 3.63) is 65.2 Å². The molecule has 0 aromatic heterocycles. The van der Waals surface area contributed by atoms with Crippen molar-refractivity contribution < 1.29 is 13.6 Å². The molecule has 0 spiro atoms. The highest BCUT2D eigenvalue weighted by Crippen LogP contribution is 2.24. The lowest BCUT2D eigenvalue weighted by molar-refractivity contribution is -0.128. The Kier molecular flexibility index (Phi) is 6.87. The first-order valence-corrected chi connectivity index (χ1v) is 11.0. The summed E-state index contributed by atoms with van der Waals surface area (Å²) in [4.78, 5) is 20.0. The largest absolute Gasteiger partial charge is 0.367 e. The molecule has 1 amide bonds. The van der Waals surface area contributed by atoms with Crippen LogP contribution in [0.25, 0.3) is 0 Å². The first-order valence-electron chi connectivity index (χ1n) is 11.0. The van der Waals surface area contributed by atoms with Gasteiger partial charge in [0.25, 0.3) is 0 Å². The average Bonchev–Trinajstić information content (AvgIpc) is 3.40. The minimum absolute atomic E-state index is 0.109. The molecule has 2 fully saturated rings. The molecule has 0 radical (unpaired) electrons. The summed E-state index contributed by atoms with van der Waals surface area (Å²) in [7, 11) is 1.72. The molecule has 0 saturated carbocycles. The van der Waals surface area contributed by atoms with E-state index in [-0.39, 0.29) is 11.9 Å². The van der Waals surface area contributed by atoms with Gasteiger partial charge in [-0.2, -0.15) is 0 Å². The maximum absolute atomic E-state index is 14.1. The summed E-state index contributed by atoms with van der Waals surface area (Å²) in [5, 5.41) is 6.73. The Balaban J connectivity index is 1.29. The highest BCUT2D eigenvalue weighted by Gasteiger charge is 2.25. The average molecular weight is 442 g/mol. The number of guanidine groups is 1. The summed E-state index contributed by atoms with van der Waals surface area (Å²) in [6, 6.07) is 12.0. The van der Waals surface area contributed by atoms with Gasteiger partial charge in [0.1, 0.15) is 11.6 Å². The van der Waals surface area contributed by atoms with Crippen molar-refractivity contribution in [1.82, 2.24) is 15.5 Å². The summed E-state index contributed by atoms with van der Waals surface area (Å²) in [6.07, 6.45) is 2.42. The number of rotatable bonds is 6. The lowest BCUT2D eigenvalue weighted by Crippen LogP contribution is -2.44. The Morgan fingerprint density at radius 3 is 2.75 bits per heavy atom. The van der Waals surface area contributed by atoms with E-state index in [2.05, 4.69) is 21.7 Å². The van der Waals surface area contributed by atoms with E-state index < -0.39 is 11.6 Å². The quantitative estimate of drug-likeness (QED) is 0.535. The second-order valence-corrected chi connectivity index (χ2v) is 8.34. The molecule has 0 aliphatic carbocycles. The van der Waals surface area contributed by atoms with E-state index in [0.29, 0.717) is 44.2 Å². The van der Waals surface area contributed by atoms with E-state index in [9.17, 15) is 13.6 Å². The molecule has 2 heterocycles. The number of likely N-dealkylation sites (tertiary alicyclic amines) is 1.